The number of imidazole rings is 1. The number of rotatable bonds is 5. The molecule has 0 bridgehead atoms. The van der Waals surface area contributed by atoms with Gasteiger partial charge in [0.1, 0.15) is 17.6 Å². The fraction of sp³-hybridized carbons (Fsp3) is 0.333. The highest BCUT2D eigenvalue weighted by atomic mass is 16.5. The SMILES string of the molecule is CCC(=O)N[C@H](c1ccccc1OC)c1nccn1C. The van der Waals surface area contributed by atoms with Gasteiger partial charge in [0.25, 0.3) is 0 Å². The summed E-state index contributed by atoms with van der Waals surface area (Å²) in [5, 5.41) is 3.00. The molecule has 0 aliphatic carbocycles. The van der Waals surface area contributed by atoms with Crippen LogP contribution in [-0.2, 0) is 11.8 Å². The maximum Gasteiger partial charge on any atom is 0.220 e. The monoisotopic (exact) mass is 273 g/mol. The lowest BCUT2D eigenvalue weighted by Crippen LogP contribution is -2.30. The minimum Gasteiger partial charge on any atom is -0.496 e. The Morgan fingerprint density at radius 3 is 2.80 bits per heavy atom. The zero-order chi connectivity index (χ0) is 14.5. The van der Waals surface area contributed by atoms with Crippen LogP contribution in [0.3, 0.4) is 0 Å². The summed E-state index contributed by atoms with van der Waals surface area (Å²) in [6.45, 7) is 1.83. The molecule has 1 aromatic carbocycles. The molecule has 0 unspecified atom stereocenters. The van der Waals surface area contributed by atoms with Crippen molar-refractivity contribution in [2.45, 2.75) is 19.4 Å². The van der Waals surface area contributed by atoms with E-state index < -0.39 is 0 Å². The highest BCUT2D eigenvalue weighted by Crippen LogP contribution is 2.28. The van der Waals surface area contributed by atoms with E-state index in [0.29, 0.717) is 6.42 Å². The Morgan fingerprint density at radius 2 is 2.20 bits per heavy atom. The van der Waals surface area contributed by atoms with Crippen LogP contribution >= 0.6 is 0 Å². The maximum atomic E-state index is 11.8. The van der Waals surface area contributed by atoms with Gasteiger partial charge < -0.3 is 14.6 Å². The second kappa shape index (κ2) is 6.23. The number of nitrogens with zero attached hydrogens (tertiary/aromatic N) is 2. The van der Waals surface area contributed by atoms with E-state index in [-0.39, 0.29) is 11.9 Å². The van der Waals surface area contributed by atoms with Gasteiger partial charge in [-0.1, -0.05) is 25.1 Å². The van der Waals surface area contributed by atoms with Crippen molar-refractivity contribution in [3.05, 3.63) is 48.0 Å². The Balaban J connectivity index is 2.46. The van der Waals surface area contributed by atoms with E-state index in [9.17, 15) is 4.79 Å². The Bertz CT molecular complexity index is 592. The second-order valence-electron chi connectivity index (χ2n) is 4.49. The number of para-hydroxylation sites is 1. The molecule has 1 amide bonds. The van der Waals surface area contributed by atoms with E-state index in [1.807, 2.05) is 49.0 Å². The quantitative estimate of drug-likeness (QED) is 0.907. The number of nitrogens with one attached hydrogen (secondary N) is 1. The van der Waals surface area contributed by atoms with Crippen LogP contribution in [0.25, 0.3) is 0 Å². The predicted molar refractivity (Wildman–Crippen MR) is 76.5 cm³/mol. The molecule has 0 saturated carbocycles. The van der Waals surface area contributed by atoms with Crippen LogP contribution in [0.5, 0.6) is 5.75 Å². The third-order valence-corrected chi connectivity index (χ3v) is 3.19. The molecule has 2 rings (SSSR count). The lowest BCUT2D eigenvalue weighted by molar-refractivity contribution is -0.121. The molecule has 5 nitrogen and oxygen atoms in total. The molecular weight excluding hydrogens is 254 g/mol. The Labute approximate surface area is 118 Å². The normalized spacial score (nSPS) is 11.9. The van der Waals surface area contributed by atoms with Gasteiger partial charge in [0.2, 0.25) is 5.91 Å². The molecule has 0 fully saturated rings. The number of methoxy groups -OCH3 is 1. The van der Waals surface area contributed by atoms with Gasteiger partial charge in [0.15, 0.2) is 0 Å². The second-order valence-corrected chi connectivity index (χ2v) is 4.49. The maximum absolute atomic E-state index is 11.8. The van der Waals surface area contributed by atoms with E-state index in [1.165, 1.54) is 0 Å². The third-order valence-electron chi connectivity index (χ3n) is 3.19. The van der Waals surface area contributed by atoms with Crippen molar-refractivity contribution in [2.75, 3.05) is 7.11 Å². The van der Waals surface area contributed by atoms with Crippen LogP contribution in [0.1, 0.15) is 30.8 Å². The fourth-order valence-corrected chi connectivity index (χ4v) is 2.10. The lowest BCUT2D eigenvalue weighted by atomic mass is 10.0. The number of amides is 1. The largest absolute Gasteiger partial charge is 0.496 e. The van der Waals surface area contributed by atoms with Crippen LogP contribution in [0.2, 0.25) is 0 Å². The number of carbonyl (C=O) groups is 1. The van der Waals surface area contributed by atoms with E-state index >= 15 is 0 Å². The first-order valence-electron chi connectivity index (χ1n) is 6.56. The molecule has 2 aromatic rings. The molecule has 5 heteroatoms. The minimum absolute atomic E-state index is 0.0242. The van der Waals surface area contributed by atoms with Crippen molar-refractivity contribution in [1.82, 2.24) is 14.9 Å². The number of carbonyl (C=O) groups excluding carboxylic acids is 1. The van der Waals surface area contributed by atoms with Gasteiger partial charge in [0.05, 0.1) is 7.11 Å². The first kappa shape index (κ1) is 14.1. The Morgan fingerprint density at radius 1 is 1.45 bits per heavy atom. The van der Waals surface area contributed by atoms with Gasteiger partial charge in [0, 0.05) is 31.4 Å². The van der Waals surface area contributed by atoms with Crippen molar-refractivity contribution in [2.24, 2.45) is 7.05 Å². The standard InChI is InChI=1S/C15H19N3O2/c1-4-13(19)17-14(15-16-9-10-18(15)2)11-7-5-6-8-12(11)20-3/h5-10,14H,4H2,1-3H3,(H,17,19)/t14-/m1/s1. The number of aromatic nitrogens is 2. The molecule has 20 heavy (non-hydrogen) atoms. The molecule has 0 radical (unpaired) electrons. The highest BCUT2D eigenvalue weighted by Gasteiger charge is 2.22. The molecule has 1 N–H and O–H groups in total. The van der Waals surface area contributed by atoms with Gasteiger partial charge in [-0.2, -0.15) is 0 Å². The third kappa shape index (κ3) is 2.82. The number of aryl methyl sites for hydroxylation is 1. The van der Waals surface area contributed by atoms with E-state index in [1.54, 1.807) is 13.3 Å². The van der Waals surface area contributed by atoms with E-state index in [4.69, 9.17) is 4.74 Å². The predicted octanol–water partition coefficient (Wildman–Crippen LogP) is 2.04. The molecule has 1 atom stereocenters. The van der Waals surface area contributed by atoms with Crippen LogP contribution in [0.4, 0.5) is 0 Å². The molecule has 1 aromatic heterocycles. The summed E-state index contributed by atoms with van der Waals surface area (Å²) < 4.78 is 7.29. The zero-order valence-corrected chi connectivity index (χ0v) is 12.0. The minimum atomic E-state index is -0.321. The average Bonchev–Trinajstić information content (AvgIpc) is 2.90. The number of ether oxygens (including phenoxy) is 1. The lowest BCUT2D eigenvalue weighted by Gasteiger charge is -2.20. The molecular formula is C15H19N3O2. The van der Waals surface area contributed by atoms with Gasteiger partial charge in [-0.15, -0.1) is 0 Å². The van der Waals surface area contributed by atoms with Crippen LogP contribution in [0.15, 0.2) is 36.7 Å². The topological polar surface area (TPSA) is 56.1 Å². The molecule has 0 aliphatic heterocycles. The highest BCUT2D eigenvalue weighted by molar-refractivity contribution is 5.76. The molecule has 1 heterocycles. The summed E-state index contributed by atoms with van der Waals surface area (Å²) in [7, 11) is 3.53. The van der Waals surface area contributed by atoms with Crippen LogP contribution < -0.4 is 10.1 Å². The van der Waals surface area contributed by atoms with Gasteiger partial charge in [-0.05, 0) is 6.07 Å². The summed E-state index contributed by atoms with van der Waals surface area (Å²) in [6, 6.07) is 7.32. The van der Waals surface area contributed by atoms with Gasteiger partial charge >= 0.3 is 0 Å². The van der Waals surface area contributed by atoms with Crippen LogP contribution in [0, 0.1) is 0 Å². The molecule has 106 valence electrons. The summed E-state index contributed by atoms with van der Waals surface area (Å²) in [5.41, 5.74) is 0.895. The van der Waals surface area contributed by atoms with Gasteiger partial charge in [-0.25, -0.2) is 4.98 Å². The fourth-order valence-electron chi connectivity index (χ4n) is 2.10. The smallest absolute Gasteiger partial charge is 0.220 e. The summed E-state index contributed by atoms with van der Waals surface area (Å²) >= 11 is 0. The molecule has 0 aliphatic rings. The summed E-state index contributed by atoms with van der Waals surface area (Å²) in [4.78, 5) is 16.2. The number of hydrogen-bond acceptors (Lipinski definition) is 3. The summed E-state index contributed by atoms with van der Waals surface area (Å²) in [6.07, 6.45) is 4.00. The van der Waals surface area contributed by atoms with Gasteiger partial charge in [-0.3, -0.25) is 4.79 Å². The van der Waals surface area contributed by atoms with Crippen LogP contribution in [-0.4, -0.2) is 22.6 Å². The number of benzene rings is 1. The Kier molecular flexibility index (Phi) is 4.40. The van der Waals surface area contributed by atoms with Crippen molar-refractivity contribution in [3.63, 3.8) is 0 Å². The van der Waals surface area contributed by atoms with E-state index in [0.717, 1.165) is 17.1 Å². The first-order chi connectivity index (χ1) is 9.67. The Hall–Kier alpha value is -2.30. The van der Waals surface area contributed by atoms with Crippen molar-refractivity contribution >= 4 is 5.91 Å². The zero-order valence-electron chi connectivity index (χ0n) is 12.0. The molecule has 0 spiro atoms. The van der Waals surface area contributed by atoms with Crippen molar-refractivity contribution < 1.29 is 9.53 Å². The summed E-state index contributed by atoms with van der Waals surface area (Å²) in [5.74, 6) is 1.48. The van der Waals surface area contributed by atoms with E-state index in [2.05, 4.69) is 10.3 Å². The first-order valence-corrected chi connectivity index (χ1v) is 6.56. The number of hydrogen-bond donors (Lipinski definition) is 1. The van der Waals surface area contributed by atoms with Crippen molar-refractivity contribution in [3.8, 4) is 5.75 Å². The van der Waals surface area contributed by atoms with Crippen molar-refractivity contribution in [1.29, 1.82) is 0 Å². The molecule has 0 saturated heterocycles. The average molecular weight is 273 g/mol.